The first-order valence-corrected chi connectivity index (χ1v) is 11.7. The highest BCUT2D eigenvalue weighted by molar-refractivity contribution is 6.05. The largest absolute Gasteiger partial charge is 0.496 e. The highest BCUT2D eigenvalue weighted by Gasteiger charge is 2.15. The summed E-state index contributed by atoms with van der Waals surface area (Å²) in [7, 11) is 1.63. The molecule has 0 bridgehead atoms. The molecule has 0 aliphatic rings. The first-order chi connectivity index (χ1) is 17.1. The molecule has 1 amide bonds. The number of anilines is 1. The molecule has 1 aromatic heterocycles. The lowest BCUT2D eigenvalue weighted by Crippen LogP contribution is -2.08. The summed E-state index contributed by atoms with van der Waals surface area (Å²) in [6.07, 6.45) is 4.35. The molecule has 5 aromatic rings. The van der Waals surface area contributed by atoms with E-state index in [1.807, 2.05) is 55.5 Å². The van der Waals surface area contributed by atoms with Gasteiger partial charge in [0.2, 0.25) is 5.91 Å². The van der Waals surface area contributed by atoms with E-state index >= 15 is 0 Å². The number of benzene rings is 4. The van der Waals surface area contributed by atoms with Crippen molar-refractivity contribution < 1.29 is 13.9 Å². The average molecular weight is 462 g/mol. The van der Waals surface area contributed by atoms with E-state index in [0.29, 0.717) is 5.75 Å². The van der Waals surface area contributed by atoms with Crippen LogP contribution in [0.4, 0.5) is 5.69 Å². The lowest BCUT2D eigenvalue weighted by Gasteiger charge is -2.10. The van der Waals surface area contributed by atoms with Crippen LogP contribution in [0.15, 0.2) is 95.6 Å². The van der Waals surface area contributed by atoms with Crippen molar-refractivity contribution >= 4 is 38.9 Å². The Morgan fingerprint density at radius 1 is 0.971 bits per heavy atom. The third-order valence-corrected chi connectivity index (χ3v) is 6.36. The Balaban J connectivity index is 1.50. The standard InChI is InChI=1S/C31H27NO3/c1-4-21-9-13-25(14-10-21)32-31(33)15-20(2)26-17-27-28(19-35-30(27)18-29(26)34-3)24-12-11-22-7-5-6-8-23(22)16-24/h5-19H,4H2,1-3H3,(H,32,33)/b20-15+. The number of ether oxygens (including phenoxy) is 1. The van der Waals surface area contributed by atoms with E-state index in [-0.39, 0.29) is 5.91 Å². The molecule has 0 aliphatic heterocycles. The van der Waals surface area contributed by atoms with Crippen LogP contribution in [-0.4, -0.2) is 13.0 Å². The zero-order valence-electron chi connectivity index (χ0n) is 20.1. The van der Waals surface area contributed by atoms with Crippen molar-refractivity contribution in [1.82, 2.24) is 0 Å². The van der Waals surface area contributed by atoms with E-state index in [1.165, 1.54) is 16.3 Å². The van der Waals surface area contributed by atoms with Crippen molar-refractivity contribution in [3.8, 4) is 16.9 Å². The van der Waals surface area contributed by atoms with Gasteiger partial charge in [-0.25, -0.2) is 0 Å². The zero-order chi connectivity index (χ0) is 24.4. The van der Waals surface area contributed by atoms with Crippen LogP contribution in [0.5, 0.6) is 5.75 Å². The van der Waals surface area contributed by atoms with Gasteiger partial charge in [-0.05, 0) is 65.1 Å². The lowest BCUT2D eigenvalue weighted by atomic mass is 9.97. The first-order valence-electron chi connectivity index (χ1n) is 11.7. The Hall–Kier alpha value is -4.31. The second kappa shape index (κ2) is 9.51. The van der Waals surface area contributed by atoms with Crippen molar-refractivity contribution in [2.45, 2.75) is 20.3 Å². The molecule has 4 nitrogen and oxygen atoms in total. The van der Waals surface area contributed by atoms with Gasteiger partial charge in [-0.1, -0.05) is 55.5 Å². The molecule has 1 heterocycles. The molecule has 0 saturated carbocycles. The highest BCUT2D eigenvalue weighted by Crippen LogP contribution is 2.38. The highest BCUT2D eigenvalue weighted by atomic mass is 16.5. The minimum atomic E-state index is -0.184. The minimum absolute atomic E-state index is 0.184. The molecule has 1 N–H and O–H groups in total. The molecule has 0 spiro atoms. The number of fused-ring (bicyclic) bond motifs is 2. The molecule has 0 atom stereocenters. The lowest BCUT2D eigenvalue weighted by molar-refractivity contribution is -0.111. The first kappa shape index (κ1) is 22.5. The summed E-state index contributed by atoms with van der Waals surface area (Å²) in [5.41, 5.74) is 6.47. The number of carbonyl (C=O) groups is 1. The predicted octanol–water partition coefficient (Wildman–Crippen LogP) is 7.87. The SMILES string of the molecule is CCc1ccc(NC(=O)/C=C(\C)c2cc3c(-c4ccc5ccccc5c4)coc3cc2OC)cc1. The molecule has 0 saturated heterocycles. The Morgan fingerprint density at radius 3 is 2.49 bits per heavy atom. The van der Waals surface area contributed by atoms with Gasteiger partial charge in [0, 0.05) is 34.3 Å². The van der Waals surface area contributed by atoms with Crippen LogP contribution in [0.3, 0.4) is 0 Å². The average Bonchev–Trinajstić information content (AvgIpc) is 3.30. The molecule has 4 heteroatoms. The number of amides is 1. The molecule has 0 unspecified atom stereocenters. The molecule has 0 aliphatic carbocycles. The minimum Gasteiger partial charge on any atom is -0.496 e. The van der Waals surface area contributed by atoms with E-state index in [4.69, 9.17) is 9.15 Å². The molecular formula is C31H27NO3. The number of rotatable bonds is 6. The van der Waals surface area contributed by atoms with Crippen molar-refractivity contribution in [1.29, 1.82) is 0 Å². The molecule has 0 radical (unpaired) electrons. The quantitative estimate of drug-likeness (QED) is 0.262. The maximum absolute atomic E-state index is 12.7. The number of nitrogens with one attached hydrogen (secondary N) is 1. The van der Waals surface area contributed by atoms with E-state index in [0.717, 1.165) is 45.3 Å². The Kier molecular flexibility index (Phi) is 6.11. The summed E-state index contributed by atoms with van der Waals surface area (Å²) in [5, 5.41) is 6.28. The van der Waals surface area contributed by atoms with Gasteiger partial charge in [-0.3, -0.25) is 4.79 Å². The zero-order valence-corrected chi connectivity index (χ0v) is 20.1. The second-order valence-electron chi connectivity index (χ2n) is 8.63. The summed E-state index contributed by atoms with van der Waals surface area (Å²) in [4.78, 5) is 12.7. The van der Waals surface area contributed by atoms with Crippen molar-refractivity contribution in [2.24, 2.45) is 0 Å². The van der Waals surface area contributed by atoms with Gasteiger partial charge < -0.3 is 14.5 Å². The maximum Gasteiger partial charge on any atom is 0.248 e. The Labute approximate surface area is 204 Å². The summed E-state index contributed by atoms with van der Waals surface area (Å²) < 4.78 is 11.5. The van der Waals surface area contributed by atoms with E-state index in [2.05, 4.69) is 42.6 Å². The topological polar surface area (TPSA) is 51.5 Å². The number of carbonyl (C=O) groups excluding carboxylic acids is 1. The summed E-state index contributed by atoms with van der Waals surface area (Å²) in [6, 6.07) is 26.5. The van der Waals surface area contributed by atoms with Gasteiger partial charge in [0.05, 0.1) is 13.4 Å². The van der Waals surface area contributed by atoms with Crippen molar-refractivity contribution in [2.75, 3.05) is 12.4 Å². The smallest absolute Gasteiger partial charge is 0.248 e. The fourth-order valence-electron chi connectivity index (χ4n) is 4.39. The summed E-state index contributed by atoms with van der Waals surface area (Å²) >= 11 is 0. The number of hydrogen-bond donors (Lipinski definition) is 1. The maximum atomic E-state index is 12.7. The monoisotopic (exact) mass is 461 g/mol. The van der Waals surface area contributed by atoms with Gasteiger partial charge >= 0.3 is 0 Å². The third kappa shape index (κ3) is 4.56. The van der Waals surface area contributed by atoms with E-state index in [9.17, 15) is 4.79 Å². The number of aryl methyl sites for hydroxylation is 1. The van der Waals surface area contributed by atoms with Crippen LogP contribution in [0.1, 0.15) is 25.0 Å². The van der Waals surface area contributed by atoms with Crippen molar-refractivity contribution in [3.63, 3.8) is 0 Å². The molecule has 4 aromatic carbocycles. The van der Waals surface area contributed by atoms with Gasteiger partial charge in [-0.15, -0.1) is 0 Å². The van der Waals surface area contributed by atoms with Crippen LogP contribution in [0.25, 0.3) is 38.4 Å². The molecular weight excluding hydrogens is 434 g/mol. The number of hydrogen-bond acceptors (Lipinski definition) is 3. The van der Waals surface area contributed by atoms with Crippen LogP contribution < -0.4 is 10.1 Å². The van der Waals surface area contributed by atoms with Crippen LogP contribution in [-0.2, 0) is 11.2 Å². The Bertz CT molecular complexity index is 1560. The number of furan rings is 1. The molecule has 5 rings (SSSR count). The van der Waals surface area contributed by atoms with Gasteiger partial charge in [0.1, 0.15) is 11.3 Å². The van der Waals surface area contributed by atoms with Crippen molar-refractivity contribution in [3.05, 3.63) is 102 Å². The normalized spacial score (nSPS) is 11.7. The fraction of sp³-hybridized carbons (Fsp3) is 0.129. The summed E-state index contributed by atoms with van der Waals surface area (Å²) in [6.45, 7) is 4.02. The molecule has 174 valence electrons. The summed E-state index contributed by atoms with van der Waals surface area (Å²) in [5.74, 6) is 0.474. The van der Waals surface area contributed by atoms with Crippen LogP contribution in [0.2, 0.25) is 0 Å². The number of allylic oxidation sites excluding steroid dienone is 1. The van der Waals surface area contributed by atoms with Crippen LogP contribution in [0, 0.1) is 0 Å². The predicted molar refractivity (Wildman–Crippen MR) is 144 cm³/mol. The van der Waals surface area contributed by atoms with Gasteiger partial charge in [0.25, 0.3) is 0 Å². The third-order valence-electron chi connectivity index (χ3n) is 6.36. The van der Waals surface area contributed by atoms with Gasteiger partial charge in [0.15, 0.2) is 0 Å². The van der Waals surface area contributed by atoms with Gasteiger partial charge in [-0.2, -0.15) is 0 Å². The fourth-order valence-corrected chi connectivity index (χ4v) is 4.39. The van der Waals surface area contributed by atoms with E-state index < -0.39 is 0 Å². The molecule has 0 fully saturated rings. The number of methoxy groups -OCH3 is 1. The second-order valence-corrected chi connectivity index (χ2v) is 8.63. The Morgan fingerprint density at radius 2 is 1.74 bits per heavy atom. The molecule has 35 heavy (non-hydrogen) atoms. The van der Waals surface area contributed by atoms with E-state index in [1.54, 1.807) is 19.4 Å². The van der Waals surface area contributed by atoms with Crippen LogP contribution >= 0.6 is 0 Å².